The highest BCUT2D eigenvalue weighted by atomic mass is 35.5. The normalized spacial score (nSPS) is 19.0. The largest absolute Gasteiger partial charge is 0.312 e. The smallest absolute Gasteiger partial charge is 0.241 e. The van der Waals surface area contributed by atoms with Crippen LogP contribution < -0.4 is 9.62 Å². The van der Waals surface area contributed by atoms with Crippen LogP contribution in [-0.4, -0.2) is 20.9 Å². The molecule has 1 aliphatic carbocycles. The maximum Gasteiger partial charge on any atom is 0.241 e. The summed E-state index contributed by atoms with van der Waals surface area (Å²) in [6.07, 6.45) is 2.90. The zero-order valence-corrected chi connectivity index (χ0v) is 15.7. The molecule has 2 aromatic rings. The fourth-order valence-electron chi connectivity index (χ4n) is 3.39. The Morgan fingerprint density at radius 1 is 1.00 bits per heavy atom. The topological polar surface area (TPSA) is 66.5 Å². The Kier molecular flexibility index (Phi) is 4.29. The number of benzene rings is 2. The summed E-state index contributed by atoms with van der Waals surface area (Å²) in [5, 5.41) is 0.624. The maximum atomic E-state index is 12.8. The molecular weight excluding hydrogens is 372 g/mol. The Balaban J connectivity index is 1.55. The van der Waals surface area contributed by atoms with Gasteiger partial charge in [0.2, 0.25) is 15.9 Å². The molecule has 1 heterocycles. The Morgan fingerprint density at radius 2 is 1.65 bits per heavy atom. The van der Waals surface area contributed by atoms with Crippen LogP contribution in [0.4, 0.5) is 5.69 Å². The van der Waals surface area contributed by atoms with E-state index in [0.717, 1.165) is 30.5 Å². The molecule has 26 heavy (non-hydrogen) atoms. The van der Waals surface area contributed by atoms with Gasteiger partial charge in [0.15, 0.2) is 0 Å². The third-order valence-corrected chi connectivity index (χ3v) is 6.81. The summed E-state index contributed by atoms with van der Waals surface area (Å²) in [5.41, 5.74) is 1.11. The molecule has 0 aromatic heterocycles. The number of nitrogens with one attached hydrogen (secondary N) is 1. The highest BCUT2D eigenvalue weighted by Crippen LogP contribution is 2.46. The van der Waals surface area contributed by atoms with Gasteiger partial charge < -0.3 is 4.90 Å². The number of carbonyl (C=O) groups is 1. The Morgan fingerprint density at radius 3 is 2.19 bits per heavy atom. The van der Waals surface area contributed by atoms with Crippen molar-refractivity contribution in [2.45, 2.75) is 36.1 Å². The van der Waals surface area contributed by atoms with Crippen LogP contribution in [0, 0.1) is 0 Å². The fourth-order valence-corrected chi connectivity index (χ4v) is 4.96. The monoisotopic (exact) mass is 390 g/mol. The lowest BCUT2D eigenvalue weighted by atomic mass is 10.1. The minimum absolute atomic E-state index is 0.0819. The molecule has 1 amide bonds. The molecule has 0 spiro atoms. The van der Waals surface area contributed by atoms with Crippen LogP contribution in [0.5, 0.6) is 0 Å². The van der Waals surface area contributed by atoms with Crippen molar-refractivity contribution in [1.29, 1.82) is 0 Å². The molecule has 0 unspecified atom stereocenters. The molecule has 2 aliphatic rings. The molecular formula is C19H19ClN2O3S. The molecule has 1 saturated carbocycles. The van der Waals surface area contributed by atoms with Crippen molar-refractivity contribution in [1.82, 2.24) is 4.72 Å². The van der Waals surface area contributed by atoms with Gasteiger partial charge in [-0.05, 0) is 61.2 Å². The van der Waals surface area contributed by atoms with Crippen LogP contribution in [0.3, 0.4) is 0 Å². The molecule has 136 valence electrons. The minimum Gasteiger partial charge on any atom is -0.312 e. The minimum atomic E-state index is -3.65. The first-order valence-corrected chi connectivity index (χ1v) is 10.5. The molecule has 2 aromatic carbocycles. The highest BCUT2D eigenvalue weighted by molar-refractivity contribution is 7.89. The van der Waals surface area contributed by atoms with E-state index in [9.17, 15) is 13.2 Å². The number of sulfonamides is 1. The quantitative estimate of drug-likeness (QED) is 0.850. The molecule has 4 rings (SSSR count). The third-order valence-electron chi connectivity index (χ3n) is 5.01. The molecule has 7 heteroatoms. The summed E-state index contributed by atoms with van der Waals surface area (Å²) in [4.78, 5) is 13.7. The Hall–Kier alpha value is -1.89. The van der Waals surface area contributed by atoms with Crippen LogP contribution >= 0.6 is 11.6 Å². The van der Waals surface area contributed by atoms with E-state index >= 15 is 0 Å². The van der Waals surface area contributed by atoms with Crippen molar-refractivity contribution in [3.8, 4) is 0 Å². The Bertz CT molecular complexity index is 936. The zero-order valence-electron chi connectivity index (χ0n) is 14.1. The molecule has 0 bridgehead atoms. The van der Waals surface area contributed by atoms with Gasteiger partial charge in [-0.3, -0.25) is 4.79 Å². The first-order valence-electron chi connectivity index (χ1n) is 8.60. The number of carbonyl (C=O) groups excluding carboxylic acids is 1. The number of hydrogen-bond donors (Lipinski definition) is 1. The summed E-state index contributed by atoms with van der Waals surface area (Å²) in [7, 11) is -3.65. The fraction of sp³-hybridized carbons (Fsp3) is 0.316. The van der Waals surface area contributed by atoms with Gasteiger partial charge in [0, 0.05) is 23.7 Å². The lowest BCUT2D eigenvalue weighted by Crippen LogP contribution is -2.34. The van der Waals surface area contributed by atoms with Crippen LogP contribution in [0.25, 0.3) is 0 Å². The van der Waals surface area contributed by atoms with E-state index in [0.29, 0.717) is 18.0 Å². The molecule has 1 aliphatic heterocycles. The second-order valence-electron chi connectivity index (χ2n) is 6.84. The van der Waals surface area contributed by atoms with Crippen molar-refractivity contribution in [2.75, 3.05) is 11.4 Å². The summed E-state index contributed by atoms with van der Waals surface area (Å²) in [6, 6.07) is 13.8. The van der Waals surface area contributed by atoms with Gasteiger partial charge in [-0.25, -0.2) is 13.1 Å². The molecule has 1 saturated heterocycles. The first-order chi connectivity index (χ1) is 12.4. The summed E-state index contributed by atoms with van der Waals surface area (Å²) < 4.78 is 28.5. The lowest BCUT2D eigenvalue weighted by Gasteiger charge is -2.19. The van der Waals surface area contributed by atoms with Crippen LogP contribution in [0.2, 0.25) is 5.02 Å². The van der Waals surface area contributed by atoms with Crippen molar-refractivity contribution in [3.05, 3.63) is 59.1 Å². The molecule has 5 nitrogen and oxygen atoms in total. The second-order valence-corrected chi connectivity index (χ2v) is 8.96. The van der Waals surface area contributed by atoms with Crippen LogP contribution in [0.1, 0.15) is 31.2 Å². The van der Waals surface area contributed by atoms with Gasteiger partial charge >= 0.3 is 0 Å². The SMILES string of the molecule is O=C1CCCN1c1ccc(S(=O)(=O)NC2(c3ccc(Cl)cc3)CC2)cc1. The number of nitrogens with zero attached hydrogens (tertiary/aromatic N) is 1. The second kappa shape index (κ2) is 6.37. The van der Waals surface area contributed by atoms with Gasteiger partial charge in [0.1, 0.15) is 0 Å². The summed E-state index contributed by atoms with van der Waals surface area (Å²) >= 11 is 5.92. The average Bonchev–Trinajstić information content (AvgIpc) is 3.26. The van der Waals surface area contributed by atoms with E-state index in [1.165, 1.54) is 0 Å². The molecule has 0 atom stereocenters. The van der Waals surface area contributed by atoms with E-state index < -0.39 is 15.6 Å². The number of rotatable bonds is 5. The van der Waals surface area contributed by atoms with E-state index in [4.69, 9.17) is 11.6 Å². The third kappa shape index (κ3) is 3.24. The van der Waals surface area contributed by atoms with E-state index in [1.54, 1.807) is 41.3 Å². The predicted molar refractivity (Wildman–Crippen MR) is 101 cm³/mol. The molecule has 2 fully saturated rings. The maximum absolute atomic E-state index is 12.8. The summed E-state index contributed by atoms with van der Waals surface area (Å²) in [5.74, 6) is 0.0819. The van der Waals surface area contributed by atoms with Crippen molar-refractivity contribution in [2.24, 2.45) is 0 Å². The predicted octanol–water partition coefficient (Wildman–Crippen LogP) is 3.43. The molecule has 0 radical (unpaired) electrons. The van der Waals surface area contributed by atoms with Crippen molar-refractivity contribution >= 4 is 33.2 Å². The van der Waals surface area contributed by atoms with Gasteiger partial charge in [0.05, 0.1) is 10.4 Å². The summed E-state index contributed by atoms with van der Waals surface area (Å²) in [6.45, 7) is 0.683. The van der Waals surface area contributed by atoms with Gasteiger partial charge in [-0.2, -0.15) is 0 Å². The van der Waals surface area contributed by atoms with E-state index in [2.05, 4.69) is 4.72 Å². The zero-order chi connectivity index (χ0) is 18.4. The van der Waals surface area contributed by atoms with E-state index in [-0.39, 0.29) is 10.8 Å². The van der Waals surface area contributed by atoms with Crippen molar-refractivity contribution in [3.63, 3.8) is 0 Å². The number of anilines is 1. The average molecular weight is 391 g/mol. The number of amides is 1. The number of hydrogen-bond acceptors (Lipinski definition) is 3. The highest BCUT2D eigenvalue weighted by Gasteiger charge is 2.47. The first kappa shape index (κ1) is 17.5. The van der Waals surface area contributed by atoms with Crippen molar-refractivity contribution < 1.29 is 13.2 Å². The number of halogens is 1. The van der Waals surface area contributed by atoms with E-state index in [1.807, 2.05) is 12.1 Å². The van der Waals surface area contributed by atoms with Crippen LogP contribution in [0.15, 0.2) is 53.4 Å². The standard InChI is InChI=1S/C19H19ClN2O3S/c20-15-5-3-14(4-6-15)19(11-12-19)21-26(24,25)17-9-7-16(8-10-17)22-13-1-2-18(22)23/h3-10,21H,1-2,11-13H2. The Labute approximate surface area is 158 Å². The van der Waals surface area contributed by atoms with Gasteiger partial charge in [0.25, 0.3) is 0 Å². The van der Waals surface area contributed by atoms with Crippen LogP contribution in [-0.2, 0) is 20.4 Å². The molecule has 1 N–H and O–H groups in total. The van der Waals surface area contributed by atoms with Gasteiger partial charge in [-0.15, -0.1) is 0 Å². The van der Waals surface area contributed by atoms with Gasteiger partial charge in [-0.1, -0.05) is 23.7 Å². The lowest BCUT2D eigenvalue weighted by molar-refractivity contribution is -0.117.